The highest BCUT2D eigenvalue weighted by Crippen LogP contribution is 2.29. The first kappa shape index (κ1) is 25.4. The molecule has 36 heavy (non-hydrogen) atoms. The molecule has 2 N–H and O–H groups in total. The first-order chi connectivity index (χ1) is 17.3. The minimum Gasteiger partial charge on any atom is -0.497 e. The van der Waals surface area contributed by atoms with Gasteiger partial charge >= 0.3 is 17.8 Å². The SMILES string of the molecule is COc1ccc(NC(=O)C(=O)N/N=C/c2ccccc2OC(=O)c2ccccc2[N+](=O)[O-])c(OC)c1. The maximum Gasteiger partial charge on any atom is 0.350 e. The predicted octanol–water partition coefficient (Wildman–Crippen LogP) is 2.92. The molecule has 0 radical (unpaired) electrons. The van der Waals surface area contributed by atoms with Gasteiger partial charge in [-0.2, -0.15) is 5.10 Å². The number of anilines is 1. The summed E-state index contributed by atoms with van der Waals surface area (Å²) >= 11 is 0. The van der Waals surface area contributed by atoms with E-state index in [4.69, 9.17) is 14.2 Å². The van der Waals surface area contributed by atoms with Crippen LogP contribution >= 0.6 is 0 Å². The number of carbonyl (C=O) groups is 3. The first-order valence-electron chi connectivity index (χ1n) is 10.2. The van der Waals surface area contributed by atoms with Crippen molar-refractivity contribution in [3.63, 3.8) is 0 Å². The number of methoxy groups -OCH3 is 2. The van der Waals surface area contributed by atoms with Gasteiger partial charge in [-0.15, -0.1) is 0 Å². The zero-order valence-electron chi connectivity index (χ0n) is 19.1. The van der Waals surface area contributed by atoms with Crippen molar-refractivity contribution in [1.82, 2.24) is 5.43 Å². The number of amides is 2. The molecule has 0 saturated carbocycles. The van der Waals surface area contributed by atoms with Gasteiger partial charge in [0.2, 0.25) is 0 Å². The lowest BCUT2D eigenvalue weighted by Crippen LogP contribution is -2.32. The Kier molecular flexibility index (Phi) is 8.27. The van der Waals surface area contributed by atoms with Crippen molar-refractivity contribution in [3.05, 3.63) is 88.0 Å². The highest BCUT2D eigenvalue weighted by molar-refractivity contribution is 6.39. The first-order valence-corrected chi connectivity index (χ1v) is 10.2. The lowest BCUT2D eigenvalue weighted by Gasteiger charge is -2.11. The number of hydrazone groups is 1. The van der Waals surface area contributed by atoms with Crippen molar-refractivity contribution in [3.8, 4) is 17.2 Å². The summed E-state index contributed by atoms with van der Waals surface area (Å²) in [5.74, 6) is -2.20. The number of nitro benzene ring substituents is 1. The van der Waals surface area contributed by atoms with Gasteiger partial charge in [0.15, 0.2) is 0 Å². The molecule has 184 valence electrons. The van der Waals surface area contributed by atoms with Gasteiger partial charge in [0, 0.05) is 17.7 Å². The minimum absolute atomic E-state index is 0.0334. The van der Waals surface area contributed by atoms with Crippen LogP contribution in [0.1, 0.15) is 15.9 Å². The Morgan fingerprint density at radius 1 is 0.917 bits per heavy atom. The number of ether oxygens (including phenoxy) is 3. The summed E-state index contributed by atoms with van der Waals surface area (Å²) in [4.78, 5) is 47.4. The quantitative estimate of drug-likeness (QED) is 0.121. The fraction of sp³-hybridized carbons (Fsp3) is 0.0833. The average Bonchev–Trinajstić information content (AvgIpc) is 2.89. The van der Waals surface area contributed by atoms with Crippen molar-refractivity contribution < 1.29 is 33.5 Å². The van der Waals surface area contributed by atoms with Crippen molar-refractivity contribution in [2.75, 3.05) is 19.5 Å². The molecule has 0 bridgehead atoms. The van der Waals surface area contributed by atoms with Gasteiger partial charge in [-0.05, 0) is 30.3 Å². The Bertz CT molecular complexity index is 1340. The lowest BCUT2D eigenvalue weighted by molar-refractivity contribution is -0.385. The molecule has 0 fully saturated rings. The molecular formula is C24H20N4O8. The second-order valence-corrected chi connectivity index (χ2v) is 6.92. The van der Waals surface area contributed by atoms with Crippen LogP contribution in [-0.4, -0.2) is 43.1 Å². The number of hydrogen-bond acceptors (Lipinski definition) is 9. The summed E-state index contributed by atoms with van der Waals surface area (Å²) < 4.78 is 15.6. The molecule has 0 heterocycles. The van der Waals surface area contributed by atoms with E-state index in [1.807, 2.05) is 0 Å². The number of carbonyl (C=O) groups excluding carboxylic acids is 3. The van der Waals surface area contributed by atoms with E-state index in [1.54, 1.807) is 18.2 Å². The van der Waals surface area contributed by atoms with E-state index in [-0.39, 0.29) is 28.3 Å². The van der Waals surface area contributed by atoms with Crippen LogP contribution in [0.2, 0.25) is 0 Å². The second-order valence-electron chi connectivity index (χ2n) is 6.92. The zero-order chi connectivity index (χ0) is 26.1. The highest BCUT2D eigenvalue weighted by atomic mass is 16.6. The second kappa shape index (κ2) is 11.7. The van der Waals surface area contributed by atoms with Crippen LogP contribution < -0.4 is 25.0 Å². The van der Waals surface area contributed by atoms with Crippen molar-refractivity contribution in [1.29, 1.82) is 0 Å². The lowest BCUT2D eigenvalue weighted by atomic mass is 10.2. The van der Waals surface area contributed by atoms with E-state index in [0.717, 1.165) is 6.21 Å². The number of nitro groups is 1. The standard InChI is InChI=1S/C24H20N4O8/c1-34-16-11-12-18(21(13-16)35-2)26-22(29)23(30)27-25-14-15-7-3-6-10-20(15)36-24(31)17-8-4-5-9-19(17)28(32)33/h3-14H,1-2H3,(H,26,29)(H,27,30)/b25-14+. The monoisotopic (exact) mass is 492 g/mol. The van der Waals surface area contributed by atoms with E-state index < -0.39 is 28.4 Å². The van der Waals surface area contributed by atoms with Crippen LogP contribution in [-0.2, 0) is 9.59 Å². The smallest absolute Gasteiger partial charge is 0.350 e. The molecule has 12 nitrogen and oxygen atoms in total. The normalized spacial score (nSPS) is 10.4. The molecule has 12 heteroatoms. The molecule has 0 saturated heterocycles. The van der Waals surface area contributed by atoms with Crippen LogP contribution in [0, 0.1) is 10.1 Å². The third-order valence-corrected chi connectivity index (χ3v) is 4.68. The average molecular weight is 492 g/mol. The summed E-state index contributed by atoms with van der Waals surface area (Å²) in [6.45, 7) is 0. The number of para-hydroxylation sites is 2. The van der Waals surface area contributed by atoms with E-state index in [0.29, 0.717) is 5.75 Å². The third-order valence-electron chi connectivity index (χ3n) is 4.68. The Morgan fingerprint density at radius 2 is 1.64 bits per heavy atom. The van der Waals surface area contributed by atoms with Crippen molar-refractivity contribution >= 4 is 35.4 Å². The summed E-state index contributed by atoms with van der Waals surface area (Å²) in [6.07, 6.45) is 1.15. The summed E-state index contributed by atoms with van der Waals surface area (Å²) in [5.41, 5.74) is 1.95. The maximum absolute atomic E-state index is 12.5. The van der Waals surface area contributed by atoms with E-state index in [9.17, 15) is 24.5 Å². The summed E-state index contributed by atoms with van der Waals surface area (Å²) in [6, 6.07) is 16.1. The van der Waals surface area contributed by atoms with Gasteiger partial charge < -0.3 is 19.5 Å². The number of benzene rings is 3. The predicted molar refractivity (Wildman–Crippen MR) is 128 cm³/mol. The molecular weight excluding hydrogens is 472 g/mol. The number of hydrogen-bond donors (Lipinski definition) is 2. The number of rotatable bonds is 8. The third kappa shape index (κ3) is 6.20. The van der Waals surface area contributed by atoms with Gasteiger partial charge in [0.25, 0.3) is 5.69 Å². The maximum atomic E-state index is 12.5. The largest absolute Gasteiger partial charge is 0.497 e. The van der Waals surface area contributed by atoms with E-state index in [1.165, 1.54) is 62.8 Å². The van der Waals surface area contributed by atoms with Crippen LogP contribution in [0.3, 0.4) is 0 Å². The Labute approximate surface area is 204 Å². The van der Waals surface area contributed by atoms with Crippen LogP contribution in [0.4, 0.5) is 11.4 Å². The van der Waals surface area contributed by atoms with Gasteiger partial charge in [-0.3, -0.25) is 19.7 Å². The van der Waals surface area contributed by atoms with Gasteiger partial charge in [-0.1, -0.05) is 24.3 Å². The zero-order valence-corrected chi connectivity index (χ0v) is 19.1. The van der Waals surface area contributed by atoms with E-state index in [2.05, 4.69) is 15.8 Å². The fourth-order valence-corrected chi connectivity index (χ4v) is 2.93. The molecule has 0 spiro atoms. The molecule has 0 unspecified atom stereocenters. The number of nitrogens with one attached hydrogen (secondary N) is 2. The van der Waals surface area contributed by atoms with Gasteiger partial charge in [0.1, 0.15) is 22.8 Å². The molecule has 0 aliphatic heterocycles. The minimum atomic E-state index is -1.07. The molecule has 3 aromatic rings. The molecule has 0 aliphatic rings. The molecule has 0 aromatic heterocycles. The molecule has 3 rings (SSSR count). The van der Waals surface area contributed by atoms with Gasteiger partial charge in [-0.25, -0.2) is 10.2 Å². The molecule has 0 aliphatic carbocycles. The molecule has 2 amide bonds. The topological polar surface area (TPSA) is 158 Å². The molecule has 3 aromatic carbocycles. The fourth-order valence-electron chi connectivity index (χ4n) is 2.93. The highest BCUT2D eigenvalue weighted by Gasteiger charge is 2.22. The Hall–Kier alpha value is -5.26. The number of esters is 1. The Morgan fingerprint density at radius 3 is 2.36 bits per heavy atom. The summed E-state index contributed by atoms with van der Waals surface area (Å²) in [7, 11) is 2.87. The van der Waals surface area contributed by atoms with E-state index >= 15 is 0 Å². The van der Waals surface area contributed by atoms with Crippen LogP contribution in [0.15, 0.2) is 71.8 Å². The summed E-state index contributed by atoms with van der Waals surface area (Å²) in [5, 5.41) is 17.3. The van der Waals surface area contributed by atoms with Gasteiger partial charge in [0.05, 0.1) is 31.0 Å². The van der Waals surface area contributed by atoms with Crippen LogP contribution in [0.5, 0.6) is 17.2 Å². The Balaban J connectivity index is 1.67. The molecule has 0 atom stereocenters. The number of nitrogens with zero attached hydrogens (tertiary/aromatic N) is 2. The van der Waals surface area contributed by atoms with Crippen LogP contribution in [0.25, 0.3) is 0 Å². The van der Waals surface area contributed by atoms with Crippen molar-refractivity contribution in [2.45, 2.75) is 0 Å². The van der Waals surface area contributed by atoms with Crippen molar-refractivity contribution in [2.24, 2.45) is 5.10 Å².